The molecule has 3 unspecified atom stereocenters. The Hall–Kier alpha value is -0.860. The van der Waals surface area contributed by atoms with E-state index in [0.29, 0.717) is 18.1 Å². The molecule has 0 amide bonds. The summed E-state index contributed by atoms with van der Waals surface area (Å²) in [4.78, 5) is 0. The molecule has 20 heavy (non-hydrogen) atoms. The molecule has 0 aromatic heterocycles. The number of hydrogen-bond donors (Lipinski definition) is 1. The Morgan fingerprint density at radius 1 is 1.20 bits per heavy atom. The molecule has 1 N–H and O–H groups in total. The second kappa shape index (κ2) is 6.28. The van der Waals surface area contributed by atoms with Gasteiger partial charge in [0.2, 0.25) is 0 Å². The molecule has 0 radical (unpaired) electrons. The van der Waals surface area contributed by atoms with Crippen molar-refractivity contribution in [3.63, 3.8) is 0 Å². The highest BCUT2D eigenvalue weighted by Gasteiger charge is 2.32. The van der Waals surface area contributed by atoms with E-state index in [1.54, 1.807) is 0 Å². The molecule has 1 saturated carbocycles. The molecule has 2 heteroatoms. The molecule has 1 fully saturated rings. The van der Waals surface area contributed by atoms with Crippen LogP contribution >= 0.6 is 0 Å². The van der Waals surface area contributed by atoms with Crippen LogP contribution in [0.3, 0.4) is 0 Å². The van der Waals surface area contributed by atoms with Gasteiger partial charge >= 0.3 is 0 Å². The second-order valence-electron chi connectivity index (χ2n) is 6.53. The number of rotatable bonds is 5. The van der Waals surface area contributed by atoms with E-state index in [1.165, 1.54) is 36.8 Å². The Morgan fingerprint density at radius 2 is 1.95 bits per heavy atom. The summed E-state index contributed by atoms with van der Waals surface area (Å²) in [7, 11) is 2.06. The highest BCUT2D eigenvalue weighted by Crippen LogP contribution is 2.39. The summed E-state index contributed by atoms with van der Waals surface area (Å²) in [6.45, 7) is 3.26. The Morgan fingerprint density at radius 3 is 2.60 bits per heavy atom. The molecule has 3 atom stereocenters. The van der Waals surface area contributed by atoms with Crippen molar-refractivity contribution in [3.8, 4) is 0 Å². The molecular weight excluding hydrogens is 246 g/mol. The molecule has 0 bridgehead atoms. The third-order valence-electron chi connectivity index (χ3n) is 5.21. The fraction of sp³-hybridized carbons (Fsp3) is 0.667. The lowest BCUT2D eigenvalue weighted by molar-refractivity contribution is 0.00196. The van der Waals surface area contributed by atoms with Gasteiger partial charge in [0.25, 0.3) is 0 Å². The minimum atomic E-state index is 0.324. The quantitative estimate of drug-likeness (QED) is 0.874. The van der Waals surface area contributed by atoms with Gasteiger partial charge in [-0.3, -0.25) is 0 Å². The Kier molecular flexibility index (Phi) is 4.42. The fourth-order valence-electron chi connectivity index (χ4n) is 3.73. The SMILES string of the molecule is CNC1c2ccccc2C(C)CC1OCCC1CCC1. The fourth-order valence-corrected chi connectivity index (χ4v) is 3.73. The van der Waals surface area contributed by atoms with Crippen molar-refractivity contribution in [2.75, 3.05) is 13.7 Å². The van der Waals surface area contributed by atoms with Gasteiger partial charge in [0.15, 0.2) is 0 Å². The van der Waals surface area contributed by atoms with Gasteiger partial charge in [-0.25, -0.2) is 0 Å². The van der Waals surface area contributed by atoms with Gasteiger partial charge in [-0.15, -0.1) is 0 Å². The van der Waals surface area contributed by atoms with E-state index in [1.807, 2.05) is 0 Å². The number of hydrogen-bond acceptors (Lipinski definition) is 2. The number of ether oxygens (including phenoxy) is 1. The Balaban J connectivity index is 1.65. The summed E-state index contributed by atoms with van der Waals surface area (Å²) < 4.78 is 6.26. The summed E-state index contributed by atoms with van der Waals surface area (Å²) in [5, 5.41) is 3.47. The van der Waals surface area contributed by atoms with Crippen LogP contribution in [-0.2, 0) is 4.74 Å². The Bertz CT molecular complexity index is 441. The summed E-state index contributed by atoms with van der Waals surface area (Å²) in [6, 6.07) is 9.18. The van der Waals surface area contributed by atoms with E-state index in [-0.39, 0.29) is 0 Å². The van der Waals surface area contributed by atoms with E-state index in [2.05, 4.69) is 43.6 Å². The first kappa shape index (κ1) is 14.1. The minimum Gasteiger partial charge on any atom is -0.376 e. The lowest BCUT2D eigenvalue weighted by Gasteiger charge is -2.37. The van der Waals surface area contributed by atoms with Crippen molar-refractivity contribution in [2.24, 2.45) is 5.92 Å². The van der Waals surface area contributed by atoms with Crippen LogP contribution in [0.4, 0.5) is 0 Å². The molecule has 1 aromatic rings. The highest BCUT2D eigenvalue weighted by molar-refractivity contribution is 5.36. The van der Waals surface area contributed by atoms with Crippen LogP contribution in [-0.4, -0.2) is 19.8 Å². The summed E-state index contributed by atoms with van der Waals surface area (Å²) in [5.41, 5.74) is 2.92. The lowest BCUT2D eigenvalue weighted by atomic mass is 9.79. The van der Waals surface area contributed by atoms with Crippen molar-refractivity contribution in [1.82, 2.24) is 5.32 Å². The van der Waals surface area contributed by atoms with Crippen LogP contribution in [0.25, 0.3) is 0 Å². The van der Waals surface area contributed by atoms with Gasteiger partial charge in [-0.2, -0.15) is 0 Å². The average molecular weight is 273 g/mol. The molecule has 2 aliphatic rings. The number of fused-ring (bicyclic) bond motifs is 1. The number of likely N-dealkylation sites (N-methyl/N-ethyl adjacent to an activating group) is 1. The van der Waals surface area contributed by atoms with Crippen LogP contribution in [0.1, 0.15) is 62.1 Å². The molecule has 0 heterocycles. The van der Waals surface area contributed by atoms with Gasteiger partial charge in [-0.05, 0) is 42.9 Å². The van der Waals surface area contributed by atoms with E-state index in [9.17, 15) is 0 Å². The van der Waals surface area contributed by atoms with Crippen molar-refractivity contribution in [2.45, 2.75) is 57.1 Å². The number of nitrogens with one attached hydrogen (secondary N) is 1. The van der Waals surface area contributed by atoms with E-state index in [0.717, 1.165) is 18.9 Å². The van der Waals surface area contributed by atoms with Crippen molar-refractivity contribution in [1.29, 1.82) is 0 Å². The minimum absolute atomic E-state index is 0.324. The molecule has 3 rings (SSSR count). The molecule has 0 spiro atoms. The maximum Gasteiger partial charge on any atom is 0.0775 e. The smallest absolute Gasteiger partial charge is 0.0775 e. The van der Waals surface area contributed by atoms with E-state index < -0.39 is 0 Å². The monoisotopic (exact) mass is 273 g/mol. The molecule has 2 nitrogen and oxygen atoms in total. The van der Waals surface area contributed by atoms with Crippen LogP contribution in [0, 0.1) is 5.92 Å². The molecule has 0 saturated heterocycles. The first-order valence-corrected chi connectivity index (χ1v) is 8.17. The van der Waals surface area contributed by atoms with Crippen molar-refractivity contribution >= 4 is 0 Å². The zero-order chi connectivity index (χ0) is 13.9. The van der Waals surface area contributed by atoms with Crippen molar-refractivity contribution < 1.29 is 4.74 Å². The number of benzene rings is 1. The molecular formula is C18H27NO. The largest absolute Gasteiger partial charge is 0.376 e. The van der Waals surface area contributed by atoms with E-state index in [4.69, 9.17) is 4.74 Å². The second-order valence-corrected chi connectivity index (χ2v) is 6.53. The zero-order valence-electron chi connectivity index (χ0n) is 12.8. The molecule has 2 aliphatic carbocycles. The normalized spacial score (nSPS) is 29.8. The third kappa shape index (κ3) is 2.77. The maximum absolute atomic E-state index is 6.26. The summed E-state index contributed by atoms with van der Waals surface area (Å²) >= 11 is 0. The predicted molar refractivity (Wildman–Crippen MR) is 83.0 cm³/mol. The molecule has 110 valence electrons. The summed E-state index contributed by atoms with van der Waals surface area (Å²) in [6.07, 6.45) is 6.98. The summed E-state index contributed by atoms with van der Waals surface area (Å²) in [5.74, 6) is 1.54. The van der Waals surface area contributed by atoms with Gasteiger partial charge in [0.1, 0.15) is 0 Å². The van der Waals surface area contributed by atoms with Crippen LogP contribution < -0.4 is 5.32 Å². The standard InChI is InChI=1S/C18H27NO/c1-13-12-17(20-11-10-14-6-5-7-14)18(19-2)16-9-4-3-8-15(13)16/h3-4,8-9,13-14,17-19H,5-7,10-12H2,1-2H3. The zero-order valence-corrected chi connectivity index (χ0v) is 12.8. The topological polar surface area (TPSA) is 21.3 Å². The predicted octanol–water partition coefficient (Wildman–Crippen LogP) is 4.03. The lowest BCUT2D eigenvalue weighted by Crippen LogP contribution is -2.37. The third-order valence-corrected chi connectivity index (χ3v) is 5.21. The van der Waals surface area contributed by atoms with Crippen molar-refractivity contribution in [3.05, 3.63) is 35.4 Å². The Labute approximate surface area is 122 Å². The average Bonchev–Trinajstić information content (AvgIpc) is 2.42. The van der Waals surface area contributed by atoms with E-state index >= 15 is 0 Å². The highest BCUT2D eigenvalue weighted by atomic mass is 16.5. The van der Waals surface area contributed by atoms with Gasteiger partial charge in [-0.1, -0.05) is 50.5 Å². The molecule has 1 aromatic carbocycles. The van der Waals surface area contributed by atoms with Crippen LogP contribution in [0.15, 0.2) is 24.3 Å². The first-order chi connectivity index (χ1) is 9.79. The van der Waals surface area contributed by atoms with Gasteiger partial charge in [0.05, 0.1) is 12.1 Å². The van der Waals surface area contributed by atoms with Crippen LogP contribution in [0.5, 0.6) is 0 Å². The van der Waals surface area contributed by atoms with Gasteiger partial charge in [0, 0.05) is 6.61 Å². The first-order valence-electron chi connectivity index (χ1n) is 8.17. The van der Waals surface area contributed by atoms with Crippen LogP contribution in [0.2, 0.25) is 0 Å². The van der Waals surface area contributed by atoms with Gasteiger partial charge < -0.3 is 10.1 Å². The maximum atomic E-state index is 6.26. The molecule has 0 aliphatic heterocycles.